The van der Waals surface area contributed by atoms with Crippen LogP contribution in [0.3, 0.4) is 0 Å². The first kappa shape index (κ1) is 9.93. The number of Topliss-reactive ketones (excluding diaryl/α,β-unsaturated/α-hetero) is 1. The lowest BCUT2D eigenvalue weighted by Gasteiger charge is -2.55. The molecule has 1 aromatic heterocycles. The van der Waals surface area contributed by atoms with Crippen molar-refractivity contribution in [2.45, 2.75) is 38.5 Å². The van der Waals surface area contributed by atoms with Crippen LogP contribution >= 0.6 is 0 Å². The quantitative estimate of drug-likeness (QED) is 0.725. The summed E-state index contributed by atoms with van der Waals surface area (Å²) < 4.78 is 5.08. The summed E-state index contributed by atoms with van der Waals surface area (Å²) in [6.45, 7) is 0. The van der Waals surface area contributed by atoms with E-state index in [0.29, 0.717) is 5.78 Å². The third kappa shape index (κ3) is 1.36. The van der Waals surface area contributed by atoms with Crippen molar-refractivity contribution >= 4 is 5.78 Å². The zero-order valence-corrected chi connectivity index (χ0v) is 10.0. The van der Waals surface area contributed by atoms with E-state index in [1.165, 1.54) is 19.3 Å². The fourth-order valence-electron chi connectivity index (χ4n) is 5.09. The molecule has 90 valence electrons. The summed E-state index contributed by atoms with van der Waals surface area (Å²) in [5.41, 5.74) is 0.783. The molecule has 2 nitrogen and oxygen atoms in total. The highest BCUT2D eigenvalue weighted by atomic mass is 16.3. The van der Waals surface area contributed by atoms with Gasteiger partial charge in [-0.05, 0) is 62.3 Å². The number of hydrogen-bond donors (Lipinski definition) is 0. The van der Waals surface area contributed by atoms with Crippen molar-refractivity contribution < 1.29 is 9.21 Å². The summed E-state index contributed by atoms with van der Waals surface area (Å²) in [6, 6.07) is 1.83. The minimum Gasteiger partial charge on any atom is -0.472 e. The molecule has 4 saturated carbocycles. The molecule has 0 atom stereocenters. The largest absolute Gasteiger partial charge is 0.472 e. The average molecular weight is 230 g/mol. The van der Waals surface area contributed by atoms with Crippen molar-refractivity contribution in [3.63, 3.8) is 0 Å². The highest BCUT2D eigenvalue weighted by Crippen LogP contribution is 2.60. The summed E-state index contributed by atoms with van der Waals surface area (Å²) in [4.78, 5) is 12.7. The Morgan fingerprint density at radius 3 is 2.18 bits per heavy atom. The van der Waals surface area contributed by atoms with Gasteiger partial charge in [0.2, 0.25) is 0 Å². The molecule has 5 rings (SSSR count). The Bertz CT molecular complexity index is 408. The molecule has 4 fully saturated rings. The van der Waals surface area contributed by atoms with Crippen LogP contribution in [0.5, 0.6) is 0 Å². The van der Waals surface area contributed by atoms with Crippen LogP contribution in [-0.2, 0) is 0 Å². The zero-order chi connectivity index (χ0) is 11.5. The average Bonchev–Trinajstić information content (AvgIpc) is 2.79. The fourth-order valence-corrected chi connectivity index (χ4v) is 5.09. The van der Waals surface area contributed by atoms with Crippen molar-refractivity contribution in [1.82, 2.24) is 0 Å². The lowest BCUT2D eigenvalue weighted by Crippen LogP contribution is -2.49. The van der Waals surface area contributed by atoms with Gasteiger partial charge in [0.15, 0.2) is 5.78 Å². The molecule has 0 saturated heterocycles. The molecule has 0 unspecified atom stereocenters. The monoisotopic (exact) mass is 230 g/mol. The van der Waals surface area contributed by atoms with Gasteiger partial charge in [0, 0.05) is 5.41 Å². The van der Waals surface area contributed by atoms with Crippen molar-refractivity contribution in [2.24, 2.45) is 23.2 Å². The van der Waals surface area contributed by atoms with Gasteiger partial charge < -0.3 is 4.42 Å². The number of ketones is 1. The van der Waals surface area contributed by atoms with Crippen LogP contribution in [0.1, 0.15) is 48.9 Å². The maximum absolute atomic E-state index is 12.7. The Balaban J connectivity index is 1.71. The first-order valence-electron chi connectivity index (χ1n) is 6.82. The molecule has 0 aliphatic heterocycles. The predicted octanol–water partition coefficient (Wildman–Crippen LogP) is 3.68. The molecule has 2 heteroatoms. The third-order valence-electron chi connectivity index (χ3n) is 5.30. The Kier molecular flexibility index (Phi) is 1.89. The Labute approximate surface area is 101 Å². The summed E-state index contributed by atoms with van der Waals surface area (Å²) in [6.07, 6.45) is 10.8. The van der Waals surface area contributed by atoms with Gasteiger partial charge in [-0.3, -0.25) is 4.79 Å². The molecule has 17 heavy (non-hydrogen) atoms. The molecule has 1 aromatic rings. The van der Waals surface area contributed by atoms with Gasteiger partial charge in [-0.2, -0.15) is 0 Å². The zero-order valence-electron chi connectivity index (χ0n) is 10.0. The molecular formula is C15H18O2. The maximum atomic E-state index is 12.7. The normalized spacial score (nSPS) is 42.9. The second-order valence-electron chi connectivity index (χ2n) is 6.54. The van der Waals surface area contributed by atoms with Crippen molar-refractivity contribution in [1.29, 1.82) is 0 Å². The van der Waals surface area contributed by atoms with Gasteiger partial charge in [0.25, 0.3) is 0 Å². The minimum atomic E-state index is -0.0153. The minimum absolute atomic E-state index is 0.0153. The van der Waals surface area contributed by atoms with E-state index in [1.54, 1.807) is 12.5 Å². The van der Waals surface area contributed by atoms with Crippen LogP contribution in [0.25, 0.3) is 0 Å². The number of carbonyl (C=O) groups is 1. The first-order chi connectivity index (χ1) is 8.25. The molecule has 0 N–H and O–H groups in total. The molecule has 4 aliphatic rings. The van der Waals surface area contributed by atoms with Crippen LogP contribution in [0, 0.1) is 23.2 Å². The number of rotatable bonds is 2. The summed E-state index contributed by atoms with van der Waals surface area (Å²) in [5, 5.41) is 0. The molecule has 4 aliphatic carbocycles. The van der Waals surface area contributed by atoms with Crippen LogP contribution < -0.4 is 0 Å². The Hall–Kier alpha value is -1.05. The molecule has 0 amide bonds. The van der Waals surface area contributed by atoms with Crippen molar-refractivity contribution in [3.05, 3.63) is 24.2 Å². The van der Waals surface area contributed by atoms with E-state index in [9.17, 15) is 4.79 Å². The van der Waals surface area contributed by atoms with Gasteiger partial charge in [-0.25, -0.2) is 0 Å². The second kappa shape index (κ2) is 3.24. The van der Waals surface area contributed by atoms with Gasteiger partial charge in [0.1, 0.15) is 6.26 Å². The lowest BCUT2D eigenvalue weighted by molar-refractivity contribution is -0.0353. The summed E-state index contributed by atoms with van der Waals surface area (Å²) in [7, 11) is 0. The number of furan rings is 1. The van der Waals surface area contributed by atoms with E-state index in [0.717, 1.165) is 42.6 Å². The molecule has 4 bridgehead atoms. The van der Waals surface area contributed by atoms with E-state index >= 15 is 0 Å². The van der Waals surface area contributed by atoms with Crippen LogP contribution in [0.4, 0.5) is 0 Å². The fraction of sp³-hybridized carbons (Fsp3) is 0.667. The van der Waals surface area contributed by atoms with Gasteiger partial charge in [0.05, 0.1) is 11.8 Å². The lowest BCUT2D eigenvalue weighted by atomic mass is 9.48. The van der Waals surface area contributed by atoms with Crippen molar-refractivity contribution in [2.75, 3.05) is 0 Å². The molecule has 1 heterocycles. The Morgan fingerprint density at radius 1 is 1.12 bits per heavy atom. The van der Waals surface area contributed by atoms with Gasteiger partial charge >= 0.3 is 0 Å². The van der Waals surface area contributed by atoms with Crippen LogP contribution in [0.2, 0.25) is 0 Å². The second-order valence-corrected chi connectivity index (χ2v) is 6.54. The SMILES string of the molecule is O=C(c1ccoc1)C12CC3CC(CC(C3)C1)C2. The maximum Gasteiger partial charge on any atom is 0.172 e. The standard InChI is InChI=1S/C15H18O2/c16-14(13-1-2-17-9-13)15-6-10-3-11(7-15)5-12(4-10)8-15/h1-2,9-12H,3-8H2. The Morgan fingerprint density at radius 2 is 1.71 bits per heavy atom. The topological polar surface area (TPSA) is 30.2 Å². The highest BCUT2D eigenvalue weighted by Gasteiger charge is 2.54. The number of hydrogen-bond acceptors (Lipinski definition) is 2. The van der Waals surface area contributed by atoms with E-state index in [2.05, 4.69) is 0 Å². The molecule has 0 aromatic carbocycles. The van der Waals surface area contributed by atoms with Gasteiger partial charge in [-0.15, -0.1) is 0 Å². The van der Waals surface area contributed by atoms with E-state index in [1.807, 2.05) is 6.07 Å². The van der Waals surface area contributed by atoms with Crippen LogP contribution in [-0.4, -0.2) is 5.78 Å². The predicted molar refractivity (Wildman–Crippen MR) is 63.6 cm³/mol. The first-order valence-corrected chi connectivity index (χ1v) is 6.82. The van der Waals surface area contributed by atoms with E-state index in [-0.39, 0.29) is 5.41 Å². The van der Waals surface area contributed by atoms with E-state index in [4.69, 9.17) is 4.42 Å². The highest BCUT2D eigenvalue weighted by molar-refractivity contribution is 6.00. The third-order valence-corrected chi connectivity index (χ3v) is 5.30. The summed E-state index contributed by atoms with van der Waals surface area (Å²) >= 11 is 0. The smallest absolute Gasteiger partial charge is 0.172 e. The molecular weight excluding hydrogens is 212 g/mol. The summed E-state index contributed by atoms with van der Waals surface area (Å²) in [5.74, 6) is 2.86. The molecule has 0 radical (unpaired) electrons. The van der Waals surface area contributed by atoms with E-state index < -0.39 is 0 Å². The van der Waals surface area contributed by atoms with Crippen molar-refractivity contribution in [3.8, 4) is 0 Å². The number of carbonyl (C=O) groups excluding carboxylic acids is 1. The molecule has 0 spiro atoms. The van der Waals surface area contributed by atoms with Gasteiger partial charge in [-0.1, -0.05) is 0 Å². The van der Waals surface area contributed by atoms with Crippen LogP contribution in [0.15, 0.2) is 23.0 Å².